The second-order valence-electron chi connectivity index (χ2n) is 4.75. The number of aromatic nitrogens is 2. The van der Waals surface area contributed by atoms with Gasteiger partial charge in [0.05, 0.1) is 12.7 Å². The molecule has 2 rings (SSSR count). The van der Waals surface area contributed by atoms with Gasteiger partial charge in [-0.25, -0.2) is 4.79 Å². The van der Waals surface area contributed by atoms with Gasteiger partial charge in [-0.1, -0.05) is 6.92 Å². The Morgan fingerprint density at radius 3 is 2.39 bits per heavy atom. The lowest BCUT2D eigenvalue weighted by Crippen LogP contribution is -2.15. The molecule has 0 bridgehead atoms. The van der Waals surface area contributed by atoms with Crippen LogP contribution >= 0.6 is 0 Å². The molecule has 0 saturated heterocycles. The van der Waals surface area contributed by atoms with Gasteiger partial charge in [0.1, 0.15) is 5.82 Å². The van der Waals surface area contributed by atoms with Crippen LogP contribution in [0.4, 0.5) is 11.5 Å². The number of nitrogens with one attached hydrogen (secondary N) is 2. The highest BCUT2D eigenvalue weighted by atomic mass is 16.5. The Balaban J connectivity index is 1.99. The van der Waals surface area contributed by atoms with E-state index in [1.165, 1.54) is 7.11 Å². The number of esters is 1. The summed E-state index contributed by atoms with van der Waals surface area (Å²) in [7, 11) is 1.32. The van der Waals surface area contributed by atoms with Crippen LogP contribution in [-0.2, 0) is 4.74 Å². The van der Waals surface area contributed by atoms with E-state index in [-0.39, 0.29) is 11.6 Å². The van der Waals surface area contributed by atoms with Crippen molar-refractivity contribution in [3.05, 3.63) is 47.7 Å². The molecule has 1 heterocycles. The number of hydrogen-bond donors (Lipinski definition) is 2. The van der Waals surface area contributed by atoms with E-state index < -0.39 is 5.97 Å². The summed E-state index contributed by atoms with van der Waals surface area (Å²) in [5.74, 6) is -0.167. The second-order valence-corrected chi connectivity index (χ2v) is 4.75. The lowest BCUT2D eigenvalue weighted by atomic mass is 10.2. The molecular weight excluding hydrogens is 296 g/mol. The molecule has 0 radical (unpaired) electrons. The summed E-state index contributed by atoms with van der Waals surface area (Å²) in [5, 5.41) is 13.6. The second kappa shape index (κ2) is 7.88. The highest BCUT2D eigenvalue weighted by molar-refractivity contribution is 6.03. The third-order valence-electron chi connectivity index (χ3n) is 3.02. The monoisotopic (exact) mass is 314 g/mol. The number of nitrogens with zero attached hydrogens (tertiary/aromatic N) is 2. The number of hydrogen-bond acceptors (Lipinski definition) is 6. The quantitative estimate of drug-likeness (QED) is 0.795. The molecule has 1 amide bonds. The molecular formula is C16H18N4O3. The third kappa shape index (κ3) is 4.50. The first-order valence-electron chi connectivity index (χ1n) is 7.21. The number of anilines is 2. The average Bonchev–Trinajstić information content (AvgIpc) is 2.60. The first kappa shape index (κ1) is 16.4. The van der Waals surface area contributed by atoms with Crippen LogP contribution in [0.1, 0.15) is 34.2 Å². The maximum Gasteiger partial charge on any atom is 0.337 e. The van der Waals surface area contributed by atoms with Gasteiger partial charge in [0, 0.05) is 12.2 Å². The number of amides is 1. The minimum Gasteiger partial charge on any atom is -0.465 e. The molecule has 120 valence electrons. The fourth-order valence-electron chi connectivity index (χ4n) is 1.80. The summed E-state index contributed by atoms with van der Waals surface area (Å²) in [4.78, 5) is 23.4. The van der Waals surface area contributed by atoms with Crippen LogP contribution in [0.25, 0.3) is 0 Å². The molecule has 7 nitrogen and oxygen atoms in total. The van der Waals surface area contributed by atoms with E-state index in [2.05, 4.69) is 25.6 Å². The fraction of sp³-hybridized carbons (Fsp3) is 0.250. The van der Waals surface area contributed by atoms with Gasteiger partial charge in [0.25, 0.3) is 5.91 Å². The van der Waals surface area contributed by atoms with Crippen LogP contribution < -0.4 is 10.6 Å². The van der Waals surface area contributed by atoms with Crippen molar-refractivity contribution in [1.29, 1.82) is 0 Å². The number of carbonyl (C=O) groups excluding carboxylic acids is 2. The molecule has 1 aromatic heterocycles. The minimum atomic E-state index is -0.427. The molecule has 2 N–H and O–H groups in total. The predicted molar refractivity (Wildman–Crippen MR) is 86.5 cm³/mol. The van der Waals surface area contributed by atoms with Crippen LogP contribution in [0.15, 0.2) is 36.4 Å². The van der Waals surface area contributed by atoms with Crippen molar-refractivity contribution in [3.63, 3.8) is 0 Å². The fourth-order valence-corrected chi connectivity index (χ4v) is 1.80. The van der Waals surface area contributed by atoms with Gasteiger partial charge in [0.2, 0.25) is 0 Å². The van der Waals surface area contributed by atoms with Gasteiger partial charge in [-0.3, -0.25) is 4.79 Å². The van der Waals surface area contributed by atoms with E-state index in [0.717, 1.165) is 13.0 Å². The van der Waals surface area contributed by atoms with Crippen molar-refractivity contribution in [3.8, 4) is 0 Å². The Morgan fingerprint density at radius 1 is 1.09 bits per heavy atom. The summed E-state index contributed by atoms with van der Waals surface area (Å²) >= 11 is 0. The van der Waals surface area contributed by atoms with E-state index in [9.17, 15) is 9.59 Å². The molecule has 0 spiro atoms. The first-order valence-corrected chi connectivity index (χ1v) is 7.21. The van der Waals surface area contributed by atoms with Crippen molar-refractivity contribution >= 4 is 23.4 Å². The Morgan fingerprint density at radius 2 is 1.83 bits per heavy atom. The normalized spacial score (nSPS) is 10.0. The van der Waals surface area contributed by atoms with Crippen LogP contribution in [0, 0.1) is 0 Å². The summed E-state index contributed by atoms with van der Waals surface area (Å²) in [6.07, 6.45) is 0.978. The van der Waals surface area contributed by atoms with Crippen LogP contribution in [0.5, 0.6) is 0 Å². The Kier molecular flexibility index (Phi) is 5.62. The zero-order chi connectivity index (χ0) is 16.7. The van der Waals surface area contributed by atoms with Crippen LogP contribution in [-0.4, -0.2) is 35.7 Å². The topological polar surface area (TPSA) is 93.2 Å². The molecule has 0 atom stereocenters. The lowest BCUT2D eigenvalue weighted by Gasteiger charge is -2.06. The van der Waals surface area contributed by atoms with Gasteiger partial charge in [-0.15, -0.1) is 10.2 Å². The Hall–Kier alpha value is -2.96. The van der Waals surface area contributed by atoms with Crippen molar-refractivity contribution in [2.75, 3.05) is 24.3 Å². The van der Waals surface area contributed by atoms with Gasteiger partial charge >= 0.3 is 5.97 Å². The zero-order valence-corrected chi connectivity index (χ0v) is 13.0. The van der Waals surface area contributed by atoms with E-state index in [1.54, 1.807) is 36.4 Å². The highest BCUT2D eigenvalue weighted by Crippen LogP contribution is 2.12. The summed E-state index contributed by atoms with van der Waals surface area (Å²) in [6.45, 7) is 2.85. The number of ether oxygens (including phenoxy) is 1. The molecule has 0 unspecified atom stereocenters. The molecule has 0 aliphatic rings. The Bertz CT molecular complexity index is 669. The summed E-state index contributed by atoms with van der Waals surface area (Å²) in [5.41, 5.74) is 1.18. The van der Waals surface area contributed by atoms with Gasteiger partial charge < -0.3 is 15.4 Å². The maximum absolute atomic E-state index is 12.1. The van der Waals surface area contributed by atoms with Crippen LogP contribution in [0.2, 0.25) is 0 Å². The maximum atomic E-state index is 12.1. The largest absolute Gasteiger partial charge is 0.465 e. The van der Waals surface area contributed by atoms with Gasteiger partial charge in [-0.2, -0.15) is 0 Å². The molecule has 0 fully saturated rings. The standard InChI is InChI=1S/C16H18N4O3/c1-3-10-17-14-9-8-13(19-20-14)15(21)18-12-6-4-11(5-7-12)16(22)23-2/h4-9H,3,10H2,1-2H3,(H,17,20)(H,18,21). The number of benzene rings is 1. The average molecular weight is 314 g/mol. The molecule has 7 heteroatoms. The van der Waals surface area contributed by atoms with E-state index in [1.807, 2.05) is 6.92 Å². The molecule has 23 heavy (non-hydrogen) atoms. The molecule has 0 saturated carbocycles. The summed E-state index contributed by atoms with van der Waals surface area (Å²) in [6, 6.07) is 9.69. The molecule has 0 aliphatic carbocycles. The van der Waals surface area contributed by atoms with Crippen LogP contribution in [0.3, 0.4) is 0 Å². The van der Waals surface area contributed by atoms with Crippen molar-refractivity contribution in [2.24, 2.45) is 0 Å². The summed E-state index contributed by atoms with van der Waals surface area (Å²) < 4.78 is 4.62. The number of methoxy groups -OCH3 is 1. The van der Waals surface area contributed by atoms with Gasteiger partial charge in [-0.05, 0) is 42.8 Å². The lowest BCUT2D eigenvalue weighted by molar-refractivity contribution is 0.0600. The van der Waals surface area contributed by atoms with E-state index in [4.69, 9.17) is 0 Å². The van der Waals surface area contributed by atoms with Crippen molar-refractivity contribution < 1.29 is 14.3 Å². The smallest absolute Gasteiger partial charge is 0.337 e. The predicted octanol–water partition coefficient (Wildman–Crippen LogP) is 2.34. The Labute approximate surface area is 134 Å². The zero-order valence-electron chi connectivity index (χ0n) is 13.0. The van der Waals surface area contributed by atoms with Crippen molar-refractivity contribution in [1.82, 2.24) is 10.2 Å². The van der Waals surface area contributed by atoms with Gasteiger partial charge in [0.15, 0.2) is 5.69 Å². The van der Waals surface area contributed by atoms with Crippen molar-refractivity contribution in [2.45, 2.75) is 13.3 Å². The van der Waals surface area contributed by atoms with E-state index in [0.29, 0.717) is 17.1 Å². The third-order valence-corrected chi connectivity index (χ3v) is 3.02. The molecule has 0 aliphatic heterocycles. The number of carbonyl (C=O) groups is 2. The number of rotatable bonds is 6. The minimum absolute atomic E-state index is 0.212. The molecule has 2 aromatic rings. The SMILES string of the molecule is CCCNc1ccc(C(=O)Nc2ccc(C(=O)OC)cc2)nn1. The molecule has 1 aromatic carbocycles. The highest BCUT2D eigenvalue weighted by Gasteiger charge is 2.10. The van der Waals surface area contributed by atoms with E-state index >= 15 is 0 Å². The first-order chi connectivity index (χ1) is 11.1.